The summed E-state index contributed by atoms with van der Waals surface area (Å²) in [4.78, 5) is 0.264. The molecule has 0 fully saturated rings. The molecule has 2 aromatic carbocycles. The lowest BCUT2D eigenvalue weighted by Gasteiger charge is -2.18. The summed E-state index contributed by atoms with van der Waals surface area (Å²) in [7, 11) is -3.22. The van der Waals surface area contributed by atoms with Crippen molar-refractivity contribution in [1.29, 1.82) is 0 Å². The molecule has 0 aliphatic carbocycles. The van der Waals surface area contributed by atoms with Crippen molar-refractivity contribution >= 4 is 44.5 Å². The molecule has 0 bridgehead atoms. The first-order valence-electron chi connectivity index (χ1n) is 6.99. The Bertz CT molecular complexity index is 855. The predicted octanol–water partition coefficient (Wildman–Crippen LogP) is 3.93. The standard InChI is InChI=1S/C16H16ClFN2O2S2/c1-10(11-3-6-13(7-4-11)24(2,21)22)19-16(23)20-12-5-8-15(18)14(17)9-12/h3-10H,1-2H3,(H2,19,20,23)/t10-/m0/s1. The van der Waals surface area contributed by atoms with Crippen LogP contribution in [0, 0.1) is 5.82 Å². The van der Waals surface area contributed by atoms with Crippen molar-refractivity contribution < 1.29 is 12.8 Å². The zero-order chi connectivity index (χ0) is 17.9. The molecule has 0 saturated heterocycles. The number of hydrogen-bond acceptors (Lipinski definition) is 3. The lowest BCUT2D eigenvalue weighted by atomic mass is 10.1. The summed E-state index contributed by atoms with van der Waals surface area (Å²) >= 11 is 10.9. The van der Waals surface area contributed by atoms with E-state index in [9.17, 15) is 12.8 Å². The Labute approximate surface area is 151 Å². The highest BCUT2D eigenvalue weighted by Crippen LogP contribution is 2.20. The van der Waals surface area contributed by atoms with E-state index in [0.29, 0.717) is 10.8 Å². The van der Waals surface area contributed by atoms with E-state index >= 15 is 0 Å². The van der Waals surface area contributed by atoms with Crippen molar-refractivity contribution in [3.63, 3.8) is 0 Å². The molecule has 0 aromatic heterocycles. The Hall–Kier alpha value is -1.70. The molecule has 0 spiro atoms. The number of benzene rings is 2. The second kappa shape index (κ2) is 7.46. The molecule has 2 rings (SSSR count). The molecule has 1 atom stereocenters. The summed E-state index contributed by atoms with van der Waals surface area (Å²) < 4.78 is 36.1. The molecular weight excluding hydrogens is 371 g/mol. The number of nitrogens with one attached hydrogen (secondary N) is 2. The van der Waals surface area contributed by atoms with Gasteiger partial charge in [0, 0.05) is 11.9 Å². The number of sulfone groups is 1. The molecule has 8 heteroatoms. The van der Waals surface area contributed by atoms with Crippen molar-refractivity contribution in [3.05, 3.63) is 58.9 Å². The third kappa shape index (κ3) is 4.90. The Morgan fingerprint density at radius 3 is 2.38 bits per heavy atom. The van der Waals surface area contributed by atoms with Gasteiger partial charge in [-0.3, -0.25) is 0 Å². The zero-order valence-electron chi connectivity index (χ0n) is 13.0. The maximum absolute atomic E-state index is 13.1. The summed E-state index contributed by atoms with van der Waals surface area (Å²) in [6.45, 7) is 1.89. The Morgan fingerprint density at radius 1 is 1.21 bits per heavy atom. The first-order valence-corrected chi connectivity index (χ1v) is 9.67. The van der Waals surface area contributed by atoms with Crippen LogP contribution >= 0.6 is 23.8 Å². The highest BCUT2D eigenvalue weighted by molar-refractivity contribution is 7.90. The smallest absolute Gasteiger partial charge is 0.175 e. The summed E-state index contributed by atoms with van der Waals surface area (Å²) in [6.07, 6.45) is 1.16. The van der Waals surface area contributed by atoms with E-state index in [1.54, 1.807) is 24.3 Å². The SMILES string of the molecule is C[C@H](NC(=S)Nc1ccc(F)c(Cl)c1)c1ccc(S(C)(=O)=O)cc1. The fraction of sp³-hybridized carbons (Fsp3) is 0.188. The van der Waals surface area contributed by atoms with E-state index in [2.05, 4.69) is 10.6 Å². The van der Waals surface area contributed by atoms with Crippen LogP contribution in [0.3, 0.4) is 0 Å². The van der Waals surface area contributed by atoms with Crippen LogP contribution in [0.1, 0.15) is 18.5 Å². The summed E-state index contributed by atoms with van der Waals surface area (Å²) in [5.41, 5.74) is 1.45. The minimum atomic E-state index is -3.22. The predicted molar refractivity (Wildman–Crippen MR) is 98.7 cm³/mol. The number of rotatable bonds is 4. The van der Waals surface area contributed by atoms with Crippen LogP contribution in [0.15, 0.2) is 47.4 Å². The number of anilines is 1. The summed E-state index contributed by atoms with van der Waals surface area (Å²) in [6, 6.07) is 10.6. The first kappa shape index (κ1) is 18.6. The molecule has 24 heavy (non-hydrogen) atoms. The van der Waals surface area contributed by atoms with Crippen LogP contribution in [0.5, 0.6) is 0 Å². The molecule has 0 saturated carbocycles. The molecule has 4 nitrogen and oxygen atoms in total. The zero-order valence-corrected chi connectivity index (χ0v) is 15.4. The van der Waals surface area contributed by atoms with Crippen LogP contribution in [0.2, 0.25) is 5.02 Å². The van der Waals surface area contributed by atoms with Crippen molar-refractivity contribution in [2.24, 2.45) is 0 Å². The van der Waals surface area contributed by atoms with Crippen molar-refractivity contribution in [1.82, 2.24) is 5.32 Å². The second-order valence-corrected chi connectivity index (χ2v) is 8.12. The Kier molecular flexibility index (Phi) is 5.79. The molecule has 0 unspecified atom stereocenters. The highest BCUT2D eigenvalue weighted by atomic mass is 35.5. The minimum Gasteiger partial charge on any atom is -0.356 e. The van der Waals surface area contributed by atoms with Crippen LogP contribution in [-0.4, -0.2) is 19.8 Å². The highest BCUT2D eigenvalue weighted by Gasteiger charge is 2.11. The van der Waals surface area contributed by atoms with E-state index in [1.807, 2.05) is 6.92 Å². The van der Waals surface area contributed by atoms with E-state index < -0.39 is 15.7 Å². The molecule has 128 valence electrons. The van der Waals surface area contributed by atoms with Crippen molar-refractivity contribution in [2.75, 3.05) is 11.6 Å². The van der Waals surface area contributed by atoms with Gasteiger partial charge in [-0.25, -0.2) is 12.8 Å². The van der Waals surface area contributed by atoms with E-state index in [-0.39, 0.29) is 16.0 Å². The van der Waals surface area contributed by atoms with Crippen molar-refractivity contribution in [3.8, 4) is 0 Å². The lowest BCUT2D eigenvalue weighted by molar-refractivity contribution is 0.601. The largest absolute Gasteiger partial charge is 0.356 e. The summed E-state index contributed by atoms with van der Waals surface area (Å²) in [5.74, 6) is -0.500. The van der Waals surface area contributed by atoms with Crippen LogP contribution in [-0.2, 0) is 9.84 Å². The van der Waals surface area contributed by atoms with Gasteiger partial charge in [0.05, 0.1) is 16.0 Å². The molecular formula is C16H16ClFN2O2S2. The molecule has 0 aliphatic heterocycles. The number of thiocarbonyl (C=S) groups is 1. The van der Waals surface area contributed by atoms with Gasteiger partial charge in [-0.2, -0.15) is 0 Å². The number of hydrogen-bond donors (Lipinski definition) is 2. The van der Waals surface area contributed by atoms with Gasteiger partial charge in [-0.05, 0) is 55.0 Å². The molecule has 2 N–H and O–H groups in total. The monoisotopic (exact) mass is 386 g/mol. The molecule has 0 radical (unpaired) electrons. The Balaban J connectivity index is 2.01. The van der Waals surface area contributed by atoms with Gasteiger partial charge >= 0.3 is 0 Å². The molecule has 0 amide bonds. The van der Waals surface area contributed by atoms with E-state index in [0.717, 1.165) is 11.8 Å². The van der Waals surface area contributed by atoms with Gasteiger partial charge in [-0.1, -0.05) is 23.7 Å². The van der Waals surface area contributed by atoms with E-state index in [4.69, 9.17) is 23.8 Å². The Morgan fingerprint density at radius 2 is 1.83 bits per heavy atom. The maximum atomic E-state index is 13.1. The molecule has 0 aliphatic rings. The average Bonchev–Trinajstić information content (AvgIpc) is 2.50. The first-order chi connectivity index (χ1) is 11.2. The van der Waals surface area contributed by atoms with Gasteiger partial charge in [0.15, 0.2) is 14.9 Å². The van der Waals surface area contributed by atoms with Gasteiger partial charge in [-0.15, -0.1) is 0 Å². The second-order valence-electron chi connectivity index (χ2n) is 5.29. The average molecular weight is 387 g/mol. The molecule has 2 aromatic rings. The normalized spacial score (nSPS) is 12.5. The van der Waals surface area contributed by atoms with Gasteiger partial charge in [0.25, 0.3) is 0 Å². The minimum absolute atomic E-state index is 0.00668. The lowest BCUT2D eigenvalue weighted by Crippen LogP contribution is -2.30. The van der Waals surface area contributed by atoms with Crippen LogP contribution in [0.25, 0.3) is 0 Å². The topological polar surface area (TPSA) is 58.2 Å². The van der Waals surface area contributed by atoms with Gasteiger partial charge < -0.3 is 10.6 Å². The fourth-order valence-electron chi connectivity index (χ4n) is 2.02. The maximum Gasteiger partial charge on any atom is 0.175 e. The van der Waals surface area contributed by atoms with Crippen molar-refractivity contribution in [2.45, 2.75) is 17.9 Å². The van der Waals surface area contributed by atoms with E-state index in [1.165, 1.54) is 18.2 Å². The summed E-state index contributed by atoms with van der Waals surface area (Å²) in [5, 5.41) is 6.34. The van der Waals surface area contributed by atoms with Crippen LogP contribution in [0.4, 0.5) is 10.1 Å². The molecule has 0 heterocycles. The van der Waals surface area contributed by atoms with Crippen LogP contribution < -0.4 is 10.6 Å². The quantitative estimate of drug-likeness (QED) is 0.780. The van der Waals surface area contributed by atoms with Gasteiger partial charge in [0.2, 0.25) is 0 Å². The number of halogens is 2. The fourth-order valence-corrected chi connectivity index (χ4v) is 3.13. The van der Waals surface area contributed by atoms with Gasteiger partial charge in [0.1, 0.15) is 5.82 Å². The third-order valence-corrected chi connectivity index (χ3v) is 4.97. The third-order valence-electron chi connectivity index (χ3n) is 3.33.